The van der Waals surface area contributed by atoms with Gasteiger partial charge in [-0.2, -0.15) is 0 Å². The minimum atomic E-state index is -0.251. The van der Waals surface area contributed by atoms with Gasteiger partial charge in [0.05, 0.1) is 12.8 Å². The van der Waals surface area contributed by atoms with Crippen molar-refractivity contribution >= 4 is 28.8 Å². The number of hydrogen-bond donors (Lipinski definition) is 1. The average Bonchev–Trinajstić information content (AvgIpc) is 3.52. The van der Waals surface area contributed by atoms with Crippen LogP contribution < -0.4 is 5.32 Å². The second-order valence-corrected chi connectivity index (χ2v) is 9.50. The van der Waals surface area contributed by atoms with Gasteiger partial charge in [-0.15, -0.1) is 0 Å². The topological polar surface area (TPSA) is 73.0 Å². The molecule has 0 aliphatic heterocycles. The third-order valence-electron chi connectivity index (χ3n) is 5.80. The summed E-state index contributed by atoms with van der Waals surface area (Å²) in [7, 11) is 0. The van der Waals surface area contributed by atoms with E-state index in [2.05, 4.69) is 10.3 Å². The van der Waals surface area contributed by atoms with Crippen LogP contribution in [0.4, 0.5) is 4.39 Å². The molecule has 2 aromatic carbocycles. The number of benzene rings is 2. The number of carbonyl (C=O) groups excluding carboxylic acids is 1. The van der Waals surface area contributed by atoms with Crippen LogP contribution in [0.2, 0.25) is 0 Å². The van der Waals surface area contributed by atoms with Crippen molar-refractivity contribution < 1.29 is 13.6 Å². The number of amides is 1. The van der Waals surface area contributed by atoms with E-state index in [0.29, 0.717) is 29.8 Å². The van der Waals surface area contributed by atoms with E-state index in [0.717, 1.165) is 27.6 Å². The van der Waals surface area contributed by atoms with Crippen LogP contribution in [-0.2, 0) is 18.7 Å². The van der Waals surface area contributed by atoms with Crippen molar-refractivity contribution in [2.24, 2.45) is 0 Å². The fourth-order valence-corrected chi connectivity index (χ4v) is 4.93. The van der Waals surface area contributed by atoms with Crippen LogP contribution in [0.1, 0.15) is 34.2 Å². The number of pyridine rings is 1. The maximum Gasteiger partial charge on any atom is 0.251 e. The zero-order valence-electron chi connectivity index (χ0n) is 19.7. The Hall–Kier alpha value is -3.91. The highest BCUT2D eigenvalue weighted by Gasteiger charge is 2.15. The van der Waals surface area contributed by atoms with E-state index in [1.165, 1.54) is 6.07 Å². The van der Waals surface area contributed by atoms with Crippen LogP contribution in [0.5, 0.6) is 0 Å². The summed E-state index contributed by atoms with van der Waals surface area (Å²) in [4.78, 5) is 21.8. The van der Waals surface area contributed by atoms with Crippen molar-refractivity contribution in [3.8, 4) is 0 Å². The Bertz CT molecular complexity index is 1460. The molecule has 182 valence electrons. The molecule has 8 heteroatoms. The quantitative estimate of drug-likeness (QED) is 0.257. The number of nitrogens with one attached hydrogen (secondary N) is 1. The molecule has 1 atom stereocenters. The van der Waals surface area contributed by atoms with Gasteiger partial charge >= 0.3 is 0 Å². The van der Waals surface area contributed by atoms with Crippen LogP contribution in [0.3, 0.4) is 0 Å². The highest BCUT2D eigenvalue weighted by molar-refractivity contribution is 7.98. The van der Waals surface area contributed by atoms with Gasteiger partial charge in [0, 0.05) is 35.5 Å². The van der Waals surface area contributed by atoms with Crippen molar-refractivity contribution in [3.05, 3.63) is 114 Å². The van der Waals surface area contributed by atoms with Gasteiger partial charge in [0.25, 0.3) is 5.91 Å². The Morgan fingerprint density at radius 1 is 1.08 bits per heavy atom. The number of hydrogen-bond acceptors (Lipinski definition) is 5. The van der Waals surface area contributed by atoms with E-state index in [-0.39, 0.29) is 17.8 Å². The molecule has 0 bridgehead atoms. The molecular weight excluding hydrogens is 475 g/mol. The fraction of sp³-hybridized carbons (Fsp3) is 0.179. The molecular formula is C28H25FN4O2S. The van der Waals surface area contributed by atoms with Gasteiger partial charge in [0.2, 0.25) is 0 Å². The first-order valence-electron chi connectivity index (χ1n) is 11.7. The molecule has 0 aliphatic carbocycles. The number of halogens is 1. The summed E-state index contributed by atoms with van der Waals surface area (Å²) in [6.07, 6.45) is 3.98. The third-order valence-corrected chi connectivity index (χ3v) is 6.85. The zero-order valence-corrected chi connectivity index (χ0v) is 20.5. The Morgan fingerprint density at radius 2 is 1.92 bits per heavy atom. The summed E-state index contributed by atoms with van der Waals surface area (Å²) in [6, 6.07) is 21.7. The number of carbonyl (C=O) groups is 1. The minimum absolute atomic E-state index is 0.0464. The molecule has 6 nitrogen and oxygen atoms in total. The first kappa shape index (κ1) is 23.8. The number of aromatic nitrogens is 3. The van der Waals surface area contributed by atoms with E-state index in [4.69, 9.17) is 9.40 Å². The number of rotatable bonds is 9. The predicted octanol–water partition coefficient (Wildman–Crippen LogP) is 5.87. The second kappa shape index (κ2) is 10.8. The number of imidazole rings is 1. The number of fused-ring (bicyclic) bond motifs is 1. The first-order valence-corrected chi connectivity index (χ1v) is 12.6. The Morgan fingerprint density at radius 3 is 2.69 bits per heavy atom. The molecule has 1 amide bonds. The lowest BCUT2D eigenvalue weighted by Crippen LogP contribution is -2.33. The summed E-state index contributed by atoms with van der Waals surface area (Å²) < 4.78 is 21.6. The molecule has 1 N–H and O–H groups in total. The van der Waals surface area contributed by atoms with E-state index in [9.17, 15) is 9.18 Å². The van der Waals surface area contributed by atoms with Crippen molar-refractivity contribution in [1.29, 1.82) is 0 Å². The highest BCUT2D eigenvalue weighted by Crippen LogP contribution is 2.27. The zero-order chi connectivity index (χ0) is 24.9. The Labute approximate surface area is 212 Å². The third kappa shape index (κ3) is 5.49. The van der Waals surface area contributed by atoms with E-state index in [1.807, 2.05) is 66.1 Å². The van der Waals surface area contributed by atoms with Gasteiger partial charge in [-0.05, 0) is 55.0 Å². The minimum Gasteiger partial charge on any atom is -0.469 e. The molecule has 0 fully saturated rings. The van der Waals surface area contributed by atoms with Crippen LogP contribution in [0.25, 0.3) is 11.2 Å². The molecule has 3 heterocycles. The molecule has 5 aromatic rings. The lowest BCUT2D eigenvalue weighted by Gasteiger charge is -2.13. The van der Waals surface area contributed by atoms with E-state index >= 15 is 0 Å². The molecule has 3 aromatic heterocycles. The summed E-state index contributed by atoms with van der Waals surface area (Å²) in [5.74, 6) is 1.12. The lowest BCUT2D eigenvalue weighted by molar-refractivity contribution is 0.0939. The largest absolute Gasteiger partial charge is 0.469 e. The molecule has 36 heavy (non-hydrogen) atoms. The van der Waals surface area contributed by atoms with Gasteiger partial charge in [0.15, 0.2) is 10.8 Å². The smallest absolute Gasteiger partial charge is 0.251 e. The van der Waals surface area contributed by atoms with Gasteiger partial charge in [-0.1, -0.05) is 42.1 Å². The van der Waals surface area contributed by atoms with Crippen LogP contribution in [0.15, 0.2) is 94.8 Å². The van der Waals surface area contributed by atoms with Crippen LogP contribution >= 0.6 is 11.8 Å². The van der Waals surface area contributed by atoms with Crippen LogP contribution in [0, 0.1) is 5.82 Å². The Kier molecular flexibility index (Phi) is 7.13. The summed E-state index contributed by atoms with van der Waals surface area (Å²) in [5, 5.41) is 3.77. The van der Waals surface area contributed by atoms with E-state index in [1.54, 1.807) is 36.4 Å². The first-order chi connectivity index (χ1) is 17.6. The molecule has 0 spiro atoms. The fourth-order valence-electron chi connectivity index (χ4n) is 3.98. The maximum atomic E-state index is 14.3. The maximum absolute atomic E-state index is 14.3. The second-order valence-electron chi connectivity index (χ2n) is 8.56. The molecule has 0 radical (unpaired) electrons. The number of nitrogens with zero attached hydrogens (tertiary/aromatic N) is 3. The summed E-state index contributed by atoms with van der Waals surface area (Å²) >= 11 is 1.56. The average molecular weight is 501 g/mol. The van der Waals surface area contributed by atoms with Crippen molar-refractivity contribution in [2.45, 2.75) is 36.8 Å². The monoisotopic (exact) mass is 500 g/mol. The normalized spacial score (nSPS) is 12.1. The number of furan rings is 1. The molecule has 0 aliphatic rings. The standard InChI is InChI=1S/C28H25FN4O2S/c1-19(16-23-7-5-15-35-23)31-27(34)21-12-10-20(11-13-21)18-36-28-32-25-9-4-14-30-26(25)33(28)17-22-6-2-3-8-24(22)29/h2-15,19H,16-18H2,1H3,(H,31,34)/t19-/m1/s1. The SMILES string of the molecule is C[C@H](Cc1ccco1)NC(=O)c1ccc(CSc2nc3cccnc3n2Cc2ccccc2F)cc1. The van der Waals surface area contributed by atoms with Crippen molar-refractivity contribution in [2.75, 3.05) is 0 Å². The van der Waals surface area contributed by atoms with Crippen molar-refractivity contribution in [1.82, 2.24) is 19.9 Å². The molecule has 0 saturated heterocycles. The van der Waals surface area contributed by atoms with E-state index < -0.39 is 0 Å². The highest BCUT2D eigenvalue weighted by atomic mass is 32.2. The summed E-state index contributed by atoms with van der Waals surface area (Å²) in [6.45, 7) is 2.30. The van der Waals surface area contributed by atoms with Gasteiger partial charge in [0.1, 0.15) is 17.1 Å². The molecule has 0 unspecified atom stereocenters. The van der Waals surface area contributed by atoms with Crippen LogP contribution in [-0.4, -0.2) is 26.5 Å². The molecule has 0 saturated carbocycles. The number of thioether (sulfide) groups is 1. The van der Waals surface area contributed by atoms with Gasteiger partial charge in [-0.3, -0.25) is 9.36 Å². The summed E-state index contributed by atoms with van der Waals surface area (Å²) in [5.41, 5.74) is 3.73. The lowest BCUT2D eigenvalue weighted by atomic mass is 10.1. The van der Waals surface area contributed by atoms with Gasteiger partial charge < -0.3 is 9.73 Å². The van der Waals surface area contributed by atoms with Crippen molar-refractivity contribution in [3.63, 3.8) is 0 Å². The Balaban J connectivity index is 1.26. The molecule has 5 rings (SSSR count). The predicted molar refractivity (Wildman–Crippen MR) is 138 cm³/mol. The van der Waals surface area contributed by atoms with Gasteiger partial charge in [-0.25, -0.2) is 14.4 Å².